The van der Waals surface area contributed by atoms with Gasteiger partial charge < -0.3 is 10.1 Å². The van der Waals surface area contributed by atoms with Gasteiger partial charge in [0.25, 0.3) is 5.91 Å². The highest BCUT2D eigenvalue weighted by Crippen LogP contribution is 2.24. The molecular formula is C18H15N3O2S. The van der Waals surface area contributed by atoms with Gasteiger partial charge in [-0.05, 0) is 29.9 Å². The number of benzene rings is 2. The largest absolute Gasteiger partial charge is 0.480 e. The number of amides is 1. The van der Waals surface area contributed by atoms with E-state index in [4.69, 9.17) is 4.74 Å². The fourth-order valence-corrected chi connectivity index (χ4v) is 2.77. The number of hydrogen-bond donors (Lipinski definition) is 1. The Balaban J connectivity index is 1.51. The summed E-state index contributed by atoms with van der Waals surface area (Å²) in [5.74, 6) is 6.37. The molecule has 1 N–H and O–H groups in total. The average Bonchev–Trinajstić information content (AvgIpc) is 3.04. The molecule has 0 aliphatic rings. The number of hydrogen-bond acceptors (Lipinski definition) is 5. The molecule has 0 aliphatic carbocycles. The summed E-state index contributed by atoms with van der Waals surface area (Å²) >= 11 is 1.08. The molecule has 1 amide bonds. The molecule has 2 aromatic carbocycles. The van der Waals surface area contributed by atoms with Gasteiger partial charge in [-0.15, -0.1) is 5.10 Å². The molecule has 24 heavy (non-hydrogen) atoms. The highest BCUT2D eigenvalue weighted by Gasteiger charge is 2.11. The van der Waals surface area contributed by atoms with Crippen molar-refractivity contribution in [3.63, 3.8) is 0 Å². The number of aromatic nitrogens is 2. The van der Waals surface area contributed by atoms with E-state index < -0.39 is 0 Å². The van der Waals surface area contributed by atoms with Gasteiger partial charge in [0.2, 0.25) is 0 Å². The van der Waals surface area contributed by atoms with E-state index in [1.807, 2.05) is 42.5 Å². The van der Waals surface area contributed by atoms with Crippen molar-refractivity contribution >= 4 is 28.2 Å². The predicted octanol–water partition coefficient (Wildman–Crippen LogP) is 2.81. The van der Waals surface area contributed by atoms with Crippen molar-refractivity contribution in [3.8, 4) is 17.6 Å². The van der Waals surface area contributed by atoms with E-state index in [1.165, 1.54) is 0 Å². The van der Waals surface area contributed by atoms with E-state index >= 15 is 0 Å². The van der Waals surface area contributed by atoms with E-state index in [2.05, 4.69) is 26.7 Å². The van der Waals surface area contributed by atoms with Gasteiger partial charge in [0.15, 0.2) is 0 Å². The van der Waals surface area contributed by atoms with Gasteiger partial charge in [-0.3, -0.25) is 4.79 Å². The number of aryl methyl sites for hydroxylation is 1. The molecule has 3 rings (SSSR count). The first-order chi connectivity index (χ1) is 11.8. The Hall–Kier alpha value is -2.91. The molecule has 0 bridgehead atoms. The second-order valence-corrected chi connectivity index (χ2v) is 5.74. The molecular weight excluding hydrogens is 322 g/mol. The maximum atomic E-state index is 11.8. The van der Waals surface area contributed by atoms with Crippen LogP contribution in [0.4, 0.5) is 0 Å². The van der Waals surface area contributed by atoms with Crippen LogP contribution in [0.3, 0.4) is 0 Å². The van der Waals surface area contributed by atoms with Crippen molar-refractivity contribution in [2.45, 2.75) is 6.92 Å². The molecule has 5 nitrogen and oxygen atoms in total. The zero-order valence-electron chi connectivity index (χ0n) is 13.1. The molecule has 0 saturated carbocycles. The summed E-state index contributed by atoms with van der Waals surface area (Å²) in [5, 5.41) is 8.71. The number of nitrogens with one attached hydrogen (secondary N) is 1. The van der Waals surface area contributed by atoms with Crippen LogP contribution in [0.15, 0.2) is 42.5 Å². The lowest BCUT2D eigenvalue weighted by molar-refractivity contribution is 0.0962. The molecule has 3 aromatic rings. The first-order valence-corrected chi connectivity index (χ1v) is 8.16. The van der Waals surface area contributed by atoms with Gasteiger partial charge >= 0.3 is 0 Å². The van der Waals surface area contributed by atoms with Crippen LogP contribution in [0.5, 0.6) is 5.75 Å². The normalized spacial score (nSPS) is 10.0. The Bertz CT molecular complexity index is 919. The van der Waals surface area contributed by atoms with Crippen molar-refractivity contribution in [2.75, 3.05) is 13.2 Å². The van der Waals surface area contributed by atoms with Gasteiger partial charge in [-0.25, -0.2) is 0 Å². The molecule has 1 aromatic heterocycles. The minimum Gasteiger partial charge on any atom is -0.480 e. The van der Waals surface area contributed by atoms with Gasteiger partial charge in [0, 0.05) is 5.39 Å². The van der Waals surface area contributed by atoms with E-state index in [1.54, 1.807) is 6.92 Å². The zero-order valence-corrected chi connectivity index (χ0v) is 13.9. The number of fused-ring (bicyclic) bond motifs is 1. The number of carbonyl (C=O) groups is 1. The number of rotatable bonds is 4. The molecule has 0 fully saturated rings. The van der Waals surface area contributed by atoms with Crippen LogP contribution in [-0.2, 0) is 0 Å². The van der Waals surface area contributed by atoms with Gasteiger partial charge in [-0.1, -0.05) is 52.7 Å². The molecule has 0 saturated heterocycles. The van der Waals surface area contributed by atoms with Crippen LogP contribution >= 0.6 is 11.5 Å². The van der Waals surface area contributed by atoms with Gasteiger partial charge in [0.1, 0.15) is 17.2 Å². The molecule has 0 aliphatic heterocycles. The molecule has 0 radical (unpaired) electrons. The third-order valence-corrected chi connectivity index (χ3v) is 4.20. The Morgan fingerprint density at radius 1 is 1.21 bits per heavy atom. The zero-order chi connectivity index (χ0) is 16.8. The van der Waals surface area contributed by atoms with Crippen LogP contribution in [0.2, 0.25) is 0 Å². The number of carbonyl (C=O) groups excluding carboxylic acids is 1. The highest BCUT2D eigenvalue weighted by atomic mass is 32.1. The smallest absolute Gasteiger partial charge is 0.265 e. The fraction of sp³-hybridized carbons (Fsp3) is 0.167. The van der Waals surface area contributed by atoms with Crippen molar-refractivity contribution in [2.24, 2.45) is 0 Å². The van der Waals surface area contributed by atoms with Crippen LogP contribution in [0, 0.1) is 18.8 Å². The Morgan fingerprint density at radius 2 is 2.04 bits per heavy atom. The number of ether oxygens (including phenoxy) is 1. The lowest BCUT2D eigenvalue weighted by atomic mass is 10.1. The average molecular weight is 337 g/mol. The quantitative estimate of drug-likeness (QED) is 0.744. The molecule has 1 heterocycles. The van der Waals surface area contributed by atoms with E-state index in [0.29, 0.717) is 10.6 Å². The fourth-order valence-electron chi connectivity index (χ4n) is 2.19. The molecule has 120 valence electrons. The monoisotopic (exact) mass is 337 g/mol. The standard InChI is InChI=1S/C18H15N3O2S/c1-13-17(24-21-20-13)18(22)19-11-4-5-12-23-16-10-6-8-14-7-2-3-9-15(14)16/h2-3,6-10H,11-12H2,1H3,(H,19,22). The van der Waals surface area contributed by atoms with Gasteiger partial charge in [0.05, 0.1) is 12.2 Å². The first kappa shape index (κ1) is 16.0. The summed E-state index contributed by atoms with van der Waals surface area (Å²) < 4.78 is 9.45. The van der Waals surface area contributed by atoms with Crippen molar-refractivity contribution in [1.29, 1.82) is 0 Å². The van der Waals surface area contributed by atoms with E-state index in [9.17, 15) is 4.79 Å². The summed E-state index contributed by atoms with van der Waals surface area (Å²) in [5.41, 5.74) is 0.629. The molecule has 0 unspecified atom stereocenters. The highest BCUT2D eigenvalue weighted by molar-refractivity contribution is 7.08. The number of nitrogens with zero attached hydrogens (tertiary/aromatic N) is 2. The predicted molar refractivity (Wildman–Crippen MR) is 94.2 cm³/mol. The van der Waals surface area contributed by atoms with Crippen molar-refractivity contribution in [1.82, 2.24) is 14.9 Å². The lowest BCUT2D eigenvalue weighted by Gasteiger charge is -2.06. The Kier molecular flexibility index (Phi) is 5.04. The summed E-state index contributed by atoms with van der Waals surface area (Å²) in [6.07, 6.45) is 0. The minimum absolute atomic E-state index is 0.202. The summed E-state index contributed by atoms with van der Waals surface area (Å²) in [6, 6.07) is 14.0. The van der Waals surface area contributed by atoms with Gasteiger partial charge in [-0.2, -0.15) is 0 Å². The summed E-state index contributed by atoms with van der Waals surface area (Å²) in [6.45, 7) is 2.28. The van der Waals surface area contributed by atoms with E-state index in [-0.39, 0.29) is 19.1 Å². The van der Waals surface area contributed by atoms with Crippen LogP contribution in [0.25, 0.3) is 10.8 Å². The third kappa shape index (κ3) is 3.70. The third-order valence-electron chi connectivity index (χ3n) is 3.37. The van der Waals surface area contributed by atoms with Crippen LogP contribution in [-0.4, -0.2) is 28.6 Å². The van der Waals surface area contributed by atoms with Crippen molar-refractivity contribution < 1.29 is 9.53 Å². The minimum atomic E-state index is -0.202. The molecule has 6 heteroatoms. The maximum absolute atomic E-state index is 11.8. The second kappa shape index (κ2) is 7.57. The summed E-state index contributed by atoms with van der Waals surface area (Å²) in [7, 11) is 0. The first-order valence-electron chi connectivity index (χ1n) is 7.39. The Labute approximate surface area is 143 Å². The SMILES string of the molecule is Cc1nnsc1C(=O)NCC#CCOc1cccc2ccccc12. The molecule has 0 spiro atoms. The summed E-state index contributed by atoms with van der Waals surface area (Å²) in [4.78, 5) is 12.4. The maximum Gasteiger partial charge on any atom is 0.265 e. The Morgan fingerprint density at radius 3 is 2.88 bits per heavy atom. The van der Waals surface area contributed by atoms with E-state index in [0.717, 1.165) is 28.1 Å². The lowest BCUT2D eigenvalue weighted by Crippen LogP contribution is -2.23. The van der Waals surface area contributed by atoms with Crippen molar-refractivity contribution in [3.05, 3.63) is 53.0 Å². The topological polar surface area (TPSA) is 64.1 Å². The van der Waals surface area contributed by atoms with Crippen LogP contribution < -0.4 is 10.1 Å². The van der Waals surface area contributed by atoms with Crippen LogP contribution in [0.1, 0.15) is 15.4 Å². The molecule has 0 atom stereocenters. The second-order valence-electron chi connectivity index (χ2n) is 4.99.